The van der Waals surface area contributed by atoms with Gasteiger partial charge in [-0.25, -0.2) is 0 Å². The van der Waals surface area contributed by atoms with E-state index in [2.05, 4.69) is 15.9 Å². The number of benzene rings is 1. The van der Waals surface area contributed by atoms with Gasteiger partial charge in [-0.05, 0) is 18.2 Å². The summed E-state index contributed by atoms with van der Waals surface area (Å²) in [6.45, 7) is -0.123. The first-order chi connectivity index (χ1) is 9.18. The van der Waals surface area contributed by atoms with Gasteiger partial charge in [0.1, 0.15) is 0 Å². The summed E-state index contributed by atoms with van der Waals surface area (Å²) in [5.41, 5.74) is -0.853. The van der Waals surface area contributed by atoms with Gasteiger partial charge in [-0.1, -0.05) is 15.9 Å². The van der Waals surface area contributed by atoms with Gasteiger partial charge < -0.3 is 10.0 Å². The second-order valence-corrected chi connectivity index (χ2v) is 5.36. The summed E-state index contributed by atoms with van der Waals surface area (Å²) in [4.78, 5) is 23.6. The molecule has 8 heteroatoms. The lowest BCUT2D eigenvalue weighted by atomic mass is 10.1. The van der Waals surface area contributed by atoms with E-state index >= 15 is 0 Å². The summed E-state index contributed by atoms with van der Waals surface area (Å²) in [5.74, 6) is -2.52. The molecule has 0 saturated carbocycles. The molecule has 4 nitrogen and oxygen atoms in total. The van der Waals surface area contributed by atoms with Gasteiger partial charge in [0, 0.05) is 23.1 Å². The molecule has 1 aromatic rings. The number of hydrogen-bond donors (Lipinski definition) is 1. The monoisotopic (exact) mass is 351 g/mol. The maximum atomic E-state index is 12.7. The van der Waals surface area contributed by atoms with Crippen molar-refractivity contribution in [2.75, 3.05) is 11.4 Å². The van der Waals surface area contributed by atoms with E-state index in [-0.39, 0.29) is 23.1 Å². The van der Waals surface area contributed by atoms with E-state index in [4.69, 9.17) is 5.11 Å². The minimum Gasteiger partial charge on any atom is -0.481 e. The molecular weight excluding hydrogens is 343 g/mol. The van der Waals surface area contributed by atoms with E-state index in [1.165, 1.54) is 6.07 Å². The first-order valence-electron chi connectivity index (χ1n) is 5.59. The van der Waals surface area contributed by atoms with Crippen molar-refractivity contribution in [3.63, 3.8) is 0 Å². The molecule has 2 rings (SSSR count). The lowest BCUT2D eigenvalue weighted by Gasteiger charge is -2.18. The number of carbonyl (C=O) groups is 2. The number of alkyl halides is 3. The highest BCUT2D eigenvalue weighted by atomic mass is 79.9. The Morgan fingerprint density at radius 1 is 1.35 bits per heavy atom. The maximum Gasteiger partial charge on any atom is 0.416 e. The molecule has 1 amide bonds. The predicted octanol–water partition coefficient (Wildman–Crippen LogP) is 2.91. The van der Waals surface area contributed by atoms with Crippen molar-refractivity contribution in [1.82, 2.24) is 0 Å². The van der Waals surface area contributed by atoms with Crippen LogP contribution in [-0.4, -0.2) is 23.5 Å². The van der Waals surface area contributed by atoms with Crippen LogP contribution in [0.25, 0.3) is 0 Å². The van der Waals surface area contributed by atoms with E-state index < -0.39 is 29.5 Å². The average molecular weight is 352 g/mol. The van der Waals surface area contributed by atoms with Gasteiger partial charge in [0.2, 0.25) is 5.91 Å². The Morgan fingerprint density at radius 2 is 2.00 bits per heavy atom. The minimum absolute atomic E-state index is 0.0421. The molecule has 1 N–H and O–H groups in total. The molecule has 0 bridgehead atoms. The number of carbonyl (C=O) groups excluding carboxylic acids is 1. The average Bonchev–Trinajstić information content (AvgIpc) is 2.69. The van der Waals surface area contributed by atoms with Crippen molar-refractivity contribution in [2.45, 2.75) is 12.6 Å². The fourth-order valence-electron chi connectivity index (χ4n) is 2.02. The van der Waals surface area contributed by atoms with Crippen molar-refractivity contribution in [3.05, 3.63) is 28.2 Å². The van der Waals surface area contributed by atoms with Crippen LogP contribution in [0.2, 0.25) is 0 Å². The highest BCUT2D eigenvalue weighted by Crippen LogP contribution is 2.36. The molecule has 1 aliphatic rings. The molecule has 1 unspecified atom stereocenters. The summed E-state index contributed by atoms with van der Waals surface area (Å²) >= 11 is 2.96. The Kier molecular flexibility index (Phi) is 3.77. The second-order valence-electron chi connectivity index (χ2n) is 4.44. The zero-order valence-corrected chi connectivity index (χ0v) is 11.5. The number of nitrogens with zero attached hydrogens (tertiary/aromatic N) is 1. The largest absolute Gasteiger partial charge is 0.481 e. The lowest BCUT2D eigenvalue weighted by Crippen LogP contribution is -2.26. The summed E-state index contributed by atoms with van der Waals surface area (Å²) in [6, 6.07) is 3.10. The van der Waals surface area contributed by atoms with Gasteiger partial charge in [-0.15, -0.1) is 0 Å². The minimum atomic E-state index is -4.53. The van der Waals surface area contributed by atoms with Crippen molar-refractivity contribution in [1.29, 1.82) is 0 Å². The third kappa shape index (κ3) is 2.95. The Hall–Kier alpha value is -1.57. The van der Waals surface area contributed by atoms with Crippen molar-refractivity contribution >= 4 is 33.5 Å². The fourth-order valence-corrected chi connectivity index (χ4v) is 2.50. The van der Waals surface area contributed by atoms with Gasteiger partial charge >= 0.3 is 12.1 Å². The first-order valence-corrected chi connectivity index (χ1v) is 6.38. The highest BCUT2D eigenvalue weighted by molar-refractivity contribution is 9.10. The zero-order valence-electron chi connectivity index (χ0n) is 9.95. The van der Waals surface area contributed by atoms with Crippen LogP contribution >= 0.6 is 15.9 Å². The Bertz CT molecular complexity index is 574. The van der Waals surface area contributed by atoms with Crippen LogP contribution in [-0.2, 0) is 15.8 Å². The van der Waals surface area contributed by atoms with E-state index in [1.54, 1.807) is 0 Å². The van der Waals surface area contributed by atoms with Crippen LogP contribution in [0.1, 0.15) is 12.0 Å². The van der Waals surface area contributed by atoms with E-state index in [0.29, 0.717) is 0 Å². The van der Waals surface area contributed by atoms with E-state index in [1.807, 2.05) is 0 Å². The normalized spacial score (nSPS) is 19.5. The Labute approximate surface area is 120 Å². The number of anilines is 1. The van der Waals surface area contributed by atoms with Crippen molar-refractivity contribution < 1.29 is 27.9 Å². The highest BCUT2D eigenvalue weighted by Gasteiger charge is 2.37. The van der Waals surface area contributed by atoms with E-state index in [0.717, 1.165) is 17.0 Å². The molecule has 0 aliphatic carbocycles. The molecule has 1 fully saturated rings. The number of amides is 1. The Balaban J connectivity index is 2.36. The first kappa shape index (κ1) is 14.8. The number of aliphatic carboxylic acids is 1. The molecule has 1 aromatic carbocycles. The number of halogens is 4. The van der Waals surface area contributed by atoms with Gasteiger partial charge in [0.25, 0.3) is 0 Å². The number of hydrogen-bond acceptors (Lipinski definition) is 2. The maximum absolute atomic E-state index is 12.7. The molecule has 108 valence electrons. The molecule has 0 radical (unpaired) electrons. The van der Waals surface area contributed by atoms with Gasteiger partial charge in [0.05, 0.1) is 11.5 Å². The van der Waals surface area contributed by atoms with Crippen LogP contribution in [0.4, 0.5) is 18.9 Å². The third-order valence-electron chi connectivity index (χ3n) is 3.00. The van der Waals surface area contributed by atoms with Crippen molar-refractivity contribution in [3.8, 4) is 0 Å². The third-order valence-corrected chi connectivity index (χ3v) is 3.45. The molecule has 1 heterocycles. The van der Waals surface area contributed by atoms with Crippen LogP contribution in [0.5, 0.6) is 0 Å². The van der Waals surface area contributed by atoms with Gasteiger partial charge in [0.15, 0.2) is 0 Å². The molecule has 0 aromatic heterocycles. The molecule has 1 aliphatic heterocycles. The molecule has 1 atom stereocenters. The number of rotatable bonds is 2. The standard InChI is InChI=1S/C12H9BrF3NO3/c13-8-2-7(12(14,15)16)3-9(4-8)17-5-6(11(19)20)1-10(17)18/h2-4,6H,1,5H2,(H,19,20). The molecular formula is C12H9BrF3NO3. The summed E-state index contributed by atoms with van der Waals surface area (Å²) in [6.07, 6.45) is -4.74. The smallest absolute Gasteiger partial charge is 0.416 e. The molecule has 1 saturated heterocycles. The van der Waals surface area contributed by atoms with Crippen LogP contribution < -0.4 is 4.90 Å². The van der Waals surface area contributed by atoms with Gasteiger partial charge in [-0.3, -0.25) is 9.59 Å². The summed E-state index contributed by atoms with van der Waals surface area (Å²) < 4.78 is 38.3. The molecule has 20 heavy (non-hydrogen) atoms. The number of carboxylic acids is 1. The van der Waals surface area contributed by atoms with Crippen LogP contribution in [0.3, 0.4) is 0 Å². The zero-order chi connectivity index (χ0) is 15.1. The fraction of sp³-hybridized carbons (Fsp3) is 0.333. The topological polar surface area (TPSA) is 57.6 Å². The SMILES string of the molecule is O=C(O)C1CC(=O)N(c2cc(Br)cc(C(F)(F)F)c2)C1. The van der Waals surface area contributed by atoms with Crippen LogP contribution in [0, 0.1) is 5.92 Å². The summed E-state index contributed by atoms with van der Waals surface area (Å²) in [5, 5.41) is 8.87. The van der Waals surface area contributed by atoms with Crippen LogP contribution in [0.15, 0.2) is 22.7 Å². The molecule has 0 spiro atoms. The Morgan fingerprint density at radius 3 is 2.50 bits per heavy atom. The van der Waals surface area contributed by atoms with Crippen molar-refractivity contribution in [2.24, 2.45) is 5.92 Å². The second kappa shape index (κ2) is 5.08. The summed E-state index contributed by atoms with van der Waals surface area (Å²) in [7, 11) is 0. The van der Waals surface area contributed by atoms with Gasteiger partial charge in [-0.2, -0.15) is 13.2 Å². The number of carboxylic acid groups (broad SMARTS) is 1. The quantitative estimate of drug-likeness (QED) is 0.891. The predicted molar refractivity (Wildman–Crippen MR) is 67.2 cm³/mol. The lowest BCUT2D eigenvalue weighted by molar-refractivity contribution is -0.141. The van der Waals surface area contributed by atoms with E-state index in [9.17, 15) is 22.8 Å².